The van der Waals surface area contributed by atoms with Gasteiger partial charge in [0, 0.05) is 0 Å². The van der Waals surface area contributed by atoms with Crippen molar-refractivity contribution in [1.82, 2.24) is 0 Å². The molecule has 0 unspecified atom stereocenters. The van der Waals surface area contributed by atoms with Gasteiger partial charge in [-0.25, -0.2) is 0 Å². The fourth-order valence-electron chi connectivity index (χ4n) is 5.68. The molecule has 1 heteroatoms. The van der Waals surface area contributed by atoms with Crippen LogP contribution in [-0.2, 0) is 0 Å². The minimum atomic E-state index is 0.764. The molecule has 2 aliphatic carbocycles. The van der Waals surface area contributed by atoms with E-state index in [1.54, 1.807) is 12.7 Å². The zero-order valence-corrected chi connectivity index (χ0v) is 17.2. The second-order valence-corrected chi connectivity index (χ2v) is 8.87. The highest BCUT2D eigenvalue weighted by Gasteiger charge is 2.31. The summed E-state index contributed by atoms with van der Waals surface area (Å²) in [6, 6.07) is 4.51. The predicted molar refractivity (Wildman–Crippen MR) is 112 cm³/mol. The summed E-state index contributed by atoms with van der Waals surface area (Å²) in [6.45, 7) is 8.36. The Morgan fingerprint density at radius 2 is 1.54 bits per heavy atom. The van der Waals surface area contributed by atoms with Gasteiger partial charge in [-0.3, -0.25) is 0 Å². The maximum absolute atomic E-state index is 5.49. The molecule has 2 fully saturated rings. The van der Waals surface area contributed by atoms with Crippen LogP contribution in [0.25, 0.3) is 0 Å². The van der Waals surface area contributed by atoms with Gasteiger partial charge in [0.25, 0.3) is 0 Å². The van der Waals surface area contributed by atoms with E-state index in [4.69, 9.17) is 4.74 Å². The fourth-order valence-corrected chi connectivity index (χ4v) is 5.68. The predicted octanol–water partition coefficient (Wildman–Crippen LogP) is 7.36. The summed E-state index contributed by atoms with van der Waals surface area (Å²) < 4.78 is 5.49. The molecule has 0 N–H and O–H groups in total. The van der Waals surface area contributed by atoms with Crippen molar-refractivity contribution in [3.63, 3.8) is 0 Å². The van der Waals surface area contributed by atoms with Crippen LogP contribution in [0.1, 0.15) is 86.8 Å². The van der Waals surface area contributed by atoms with Gasteiger partial charge >= 0.3 is 0 Å². The van der Waals surface area contributed by atoms with Crippen LogP contribution < -0.4 is 4.74 Å². The zero-order chi connectivity index (χ0) is 18.5. The number of hydrogen-bond acceptors (Lipinski definition) is 1. The van der Waals surface area contributed by atoms with Gasteiger partial charge < -0.3 is 4.74 Å². The zero-order valence-electron chi connectivity index (χ0n) is 17.2. The van der Waals surface area contributed by atoms with Crippen molar-refractivity contribution in [1.29, 1.82) is 0 Å². The van der Waals surface area contributed by atoms with Gasteiger partial charge in [0.15, 0.2) is 0 Å². The first kappa shape index (κ1) is 19.5. The molecule has 0 saturated heterocycles. The Morgan fingerprint density at radius 1 is 0.923 bits per heavy atom. The van der Waals surface area contributed by atoms with Gasteiger partial charge in [0.1, 0.15) is 5.75 Å². The summed E-state index contributed by atoms with van der Waals surface area (Å²) in [5.41, 5.74) is 4.36. The third-order valence-corrected chi connectivity index (χ3v) is 7.55. The van der Waals surface area contributed by atoms with Crippen LogP contribution >= 0.6 is 0 Å². The summed E-state index contributed by atoms with van der Waals surface area (Å²) in [5, 5.41) is 0. The Labute approximate surface area is 161 Å². The molecule has 1 aromatic rings. The van der Waals surface area contributed by atoms with Gasteiger partial charge in [-0.15, -0.1) is 6.58 Å². The van der Waals surface area contributed by atoms with Crippen molar-refractivity contribution in [3.8, 4) is 5.75 Å². The number of benzene rings is 1. The monoisotopic (exact) mass is 354 g/mol. The van der Waals surface area contributed by atoms with Crippen molar-refractivity contribution in [3.05, 3.63) is 41.5 Å². The van der Waals surface area contributed by atoms with Crippen LogP contribution in [0.2, 0.25) is 0 Å². The maximum atomic E-state index is 5.49. The minimum absolute atomic E-state index is 0.764. The Kier molecular flexibility index (Phi) is 6.84. The van der Waals surface area contributed by atoms with Gasteiger partial charge in [-0.05, 0) is 112 Å². The Balaban J connectivity index is 1.52. The Morgan fingerprint density at radius 3 is 2.12 bits per heavy atom. The third-order valence-electron chi connectivity index (χ3n) is 7.55. The first-order valence-electron chi connectivity index (χ1n) is 10.9. The molecule has 3 rings (SSSR count). The second kappa shape index (κ2) is 9.11. The summed E-state index contributed by atoms with van der Waals surface area (Å²) in [5.74, 6) is 4.78. The molecule has 0 radical (unpaired) electrons. The highest BCUT2D eigenvalue weighted by Crippen LogP contribution is 2.45. The Bertz CT molecular complexity index is 586. The van der Waals surface area contributed by atoms with Crippen molar-refractivity contribution < 1.29 is 4.74 Å². The van der Waals surface area contributed by atoms with E-state index in [1.165, 1.54) is 75.3 Å². The third kappa shape index (κ3) is 4.35. The van der Waals surface area contributed by atoms with Crippen molar-refractivity contribution in [2.24, 2.45) is 17.8 Å². The van der Waals surface area contributed by atoms with E-state index in [-0.39, 0.29) is 0 Å². The fraction of sp³-hybridized carbons (Fsp3) is 0.680. The van der Waals surface area contributed by atoms with Crippen molar-refractivity contribution in [2.75, 3.05) is 7.11 Å². The molecular weight excluding hydrogens is 316 g/mol. The van der Waals surface area contributed by atoms with Crippen LogP contribution in [0.4, 0.5) is 0 Å². The van der Waals surface area contributed by atoms with Crippen LogP contribution in [0.5, 0.6) is 5.75 Å². The molecule has 26 heavy (non-hydrogen) atoms. The van der Waals surface area contributed by atoms with E-state index in [9.17, 15) is 0 Å². The first-order valence-corrected chi connectivity index (χ1v) is 10.9. The molecule has 1 nitrogen and oxygen atoms in total. The lowest BCUT2D eigenvalue weighted by Gasteiger charge is -2.38. The van der Waals surface area contributed by atoms with Gasteiger partial charge in [-0.2, -0.15) is 0 Å². The summed E-state index contributed by atoms with van der Waals surface area (Å²) >= 11 is 0. The molecule has 144 valence electrons. The van der Waals surface area contributed by atoms with Crippen LogP contribution in [0, 0.1) is 31.6 Å². The summed E-state index contributed by atoms with van der Waals surface area (Å²) in [4.78, 5) is 0. The topological polar surface area (TPSA) is 9.23 Å². The molecule has 0 atom stereocenters. The average molecular weight is 355 g/mol. The van der Waals surface area contributed by atoms with Crippen LogP contribution in [0.15, 0.2) is 24.8 Å². The van der Waals surface area contributed by atoms with Crippen LogP contribution in [0.3, 0.4) is 0 Å². The molecule has 0 bridgehead atoms. The first-order chi connectivity index (χ1) is 12.6. The largest absolute Gasteiger partial charge is 0.496 e. The molecule has 2 saturated carbocycles. The molecule has 0 spiro atoms. The quantitative estimate of drug-likeness (QED) is 0.485. The lowest BCUT2D eigenvalue weighted by molar-refractivity contribution is 0.157. The molecule has 0 heterocycles. The summed E-state index contributed by atoms with van der Waals surface area (Å²) in [7, 11) is 1.78. The number of methoxy groups -OCH3 is 1. The maximum Gasteiger partial charge on any atom is 0.122 e. The van der Waals surface area contributed by atoms with Gasteiger partial charge in [0.2, 0.25) is 0 Å². The standard InChI is InChI=1S/C25H38O/c1-5-6-7-20-8-10-21(11-9-20)22-12-14-23(15-13-22)24-16-17-25(26-4)19(3)18(24)2/h5,16-17,20-23H,1,6-15H2,2-4H3. The highest BCUT2D eigenvalue weighted by atomic mass is 16.5. The number of hydrogen-bond donors (Lipinski definition) is 0. The Hall–Kier alpha value is -1.24. The minimum Gasteiger partial charge on any atom is -0.496 e. The number of allylic oxidation sites excluding steroid dienone is 1. The van der Waals surface area contributed by atoms with E-state index >= 15 is 0 Å². The van der Waals surface area contributed by atoms with E-state index < -0.39 is 0 Å². The smallest absolute Gasteiger partial charge is 0.122 e. The van der Waals surface area contributed by atoms with E-state index in [1.807, 2.05) is 0 Å². The van der Waals surface area contributed by atoms with Gasteiger partial charge in [0.05, 0.1) is 7.11 Å². The SMILES string of the molecule is C=CCCC1CCC(C2CCC(c3ccc(OC)c(C)c3C)CC2)CC1. The molecule has 1 aromatic carbocycles. The van der Waals surface area contributed by atoms with E-state index in [0.29, 0.717) is 0 Å². The van der Waals surface area contributed by atoms with Crippen molar-refractivity contribution >= 4 is 0 Å². The van der Waals surface area contributed by atoms with Crippen LogP contribution in [-0.4, -0.2) is 7.11 Å². The normalized spacial score (nSPS) is 29.3. The molecule has 2 aliphatic rings. The molecular formula is C25H38O. The molecule has 0 amide bonds. The molecule has 0 aromatic heterocycles. The van der Waals surface area contributed by atoms with Gasteiger partial charge in [-0.1, -0.05) is 25.0 Å². The van der Waals surface area contributed by atoms with Crippen molar-refractivity contribution in [2.45, 2.75) is 84.0 Å². The lowest BCUT2D eigenvalue weighted by Crippen LogP contribution is -2.25. The summed E-state index contributed by atoms with van der Waals surface area (Å²) in [6.07, 6.45) is 16.2. The molecule has 0 aliphatic heterocycles. The lowest BCUT2D eigenvalue weighted by atomic mass is 9.67. The highest BCUT2D eigenvalue weighted by molar-refractivity contribution is 5.45. The van der Waals surface area contributed by atoms with E-state index in [2.05, 4.69) is 38.6 Å². The second-order valence-electron chi connectivity index (χ2n) is 8.87. The number of ether oxygens (including phenoxy) is 1. The number of rotatable bonds is 6. The average Bonchev–Trinajstić information content (AvgIpc) is 2.69. The van der Waals surface area contributed by atoms with E-state index in [0.717, 1.165) is 29.4 Å².